The molecule has 3 rings (SSSR count). The number of aromatic nitrogens is 3. The van der Waals surface area contributed by atoms with E-state index in [0.717, 1.165) is 5.56 Å². The Bertz CT molecular complexity index is 1070. The Morgan fingerprint density at radius 3 is 2.70 bits per heavy atom. The number of hydrogen-bond acceptors (Lipinski definition) is 5. The summed E-state index contributed by atoms with van der Waals surface area (Å²) < 4.78 is 0. The van der Waals surface area contributed by atoms with E-state index in [-0.39, 0.29) is 11.9 Å². The molecule has 3 aromatic rings. The molecule has 0 unspecified atom stereocenters. The van der Waals surface area contributed by atoms with Crippen LogP contribution in [0.25, 0.3) is 11.3 Å². The molecule has 6 nitrogen and oxygen atoms in total. The predicted molar refractivity (Wildman–Crippen MR) is 105 cm³/mol. The van der Waals surface area contributed by atoms with Gasteiger partial charge in [0.2, 0.25) is 5.95 Å². The molecular formula is C20H16ClN5O. The summed E-state index contributed by atoms with van der Waals surface area (Å²) in [6.07, 6.45) is 3.36. The highest BCUT2D eigenvalue weighted by molar-refractivity contribution is 6.34. The SMILES string of the molecule is CNC(=O)c1ccc(-c2nc(N)nc(C)c2C#Cc2cccnc2)cc1Cl. The van der Waals surface area contributed by atoms with Crippen LogP contribution in [0, 0.1) is 18.8 Å². The second-order valence-corrected chi connectivity index (χ2v) is 6.06. The fourth-order valence-electron chi connectivity index (χ4n) is 2.51. The third-order valence-electron chi connectivity index (χ3n) is 3.81. The number of amides is 1. The second kappa shape index (κ2) is 7.85. The molecule has 0 aliphatic carbocycles. The normalized spacial score (nSPS) is 10.0. The van der Waals surface area contributed by atoms with Gasteiger partial charge in [-0.15, -0.1) is 0 Å². The van der Waals surface area contributed by atoms with Crippen LogP contribution in [0.3, 0.4) is 0 Å². The molecule has 0 aliphatic heterocycles. The molecule has 0 radical (unpaired) electrons. The fourth-order valence-corrected chi connectivity index (χ4v) is 2.77. The largest absolute Gasteiger partial charge is 0.368 e. The number of rotatable bonds is 2. The highest BCUT2D eigenvalue weighted by Gasteiger charge is 2.15. The van der Waals surface area contributed by atoms with Crippen molar-refractivity contribution in [3.8, 4) is 23.1 Å². The monoisotopic (exact) mass is 377 g/mol. The molecule has 2 aromatic heterocycles. The van der Waals surface area contributed by atoms with Crippen LogP contribution in [0.15, 0.2) is 42.7 Å². The molecule has 0 saturated carbocycles. The van der Waals surface area contributed by atoms with Gasteiger partial charge in [0.05, 0.1) is 27.5 Å². The average Bonchev–Trinajstić information content (AvgIpc) is 2.67. The number of aryl methyl sites for hydroxylation is 1. The molecule has 2 heterocycles. The number of carbonyl (C=O) groups excluding carboxylic acids is 1. The third kappa shape index (κ3) is 4.05. The van der Waals surface area contributed by atoms with Crippen molar-refractivity contribution in [3.05, 3.63) is 70.1 Å². The number of nitrogens with zero attached hydrogens (tertiary/aromatic N) is 3. The van der Waals surface area contributed by atoms with Crippen molar-refractivity contribution in [2.75, 3.05) is 12.8 Å². The minimum absolute atomic E-state index is 0.140. The first-order valence-electron chi connectivity index (χ1n) is 8.07. The van der Waals surface area contributed by atoms with E-state index in [2.05, 4.69) is 32.1 Å². The highest BCUT2D eigenvalue weighted by Crippen LogP contribution is 2.28. The van der Waals surface area contributed by atoms with Gasteiger partial charge in [-0.25, -0.2) is 9.97 Å². The van der Waals surface area contributed by atoms with E-state index in [1.54, 1.807) is 37.6 Å². The number of pyridine rings is 1. The lowest BCUT2D eigenvalue weighted by Gasteiger charge is -2.10. The Hall–Kier alpha value is -3.43. The first-order valence-corrected chi connectivity index (χ1v) is 8.45. The van der Waals surface area contributed by atoms with Crippen molar-refractivity contribution in [1.29, 1.82) is 0 Å². The number of anilines is 1. The zero-order valence-electron chi connectivity index (χ0n) is 14.7. The van der Waals surface area contributed by atoms with Crippen molar-refractivity contribution >= 4 is 23.5 Å². The maximum absolute atomic E-state index is 11.8. The van der Waals surface area contributed by atoms with Gasteiger partial charge in [0.15, 0.2) is 0 Å². The quantitative estimate of drug-likeness (QED) is 0.670. The molecule has 0 fully saturated rings. The van der Waals surface area contributed by atoms with Crippen LogP contribution in [-0.4, -0.2) is 27.9 Å². The third-order valence-corrected chi connectivity index (χ3v) is 4.13. The summed E-state index contributed by atoms with van der Waals surface area (Å²) in [6, 6.07) is 8.74. The molecule has 0 bridgehead atoms. The lowest BCUT2D eigenvalue weighted by molar-refractivity contribution is 0.0963. The first-order chi connectivity index (χ1) is 13.0. The summed E-state index contributed by atoms with van der Waals surface area (Å²) in [5, 5.41) is 2.86. The van der Waals surface area contributed by atoms with E-state index >= 15 is 0 Å². The van der Waals surface area contributed by atoms with Gasteiger partial charge in [0, 0.05) is 30.6 Å². The number of hydrogen-bond donors (Lipinski definition) is 2. The van der Waals surface area contributed by atoms with Crippen LogP contribution in [0.2, 0.25) is 5.02 Å². The maximum atomic E-state index is 11.8. The van der Waals surface area contributed by atoms with Crippen molar-refractivity contribution in [3.63, 3.8) is 0 Å². The molecule has 0 atom stereocenters. The van der Waals surface area contributed by atoms with Crippen LogP contribution < -0.4 is 11.1 Å². The molecule has 1 amide bonds. The second-order valence-electron chi connectivity index (χ2n) is 5.66. The smallest absolute Gasteiger partial charge is 0.252 e. The Labute approximate surface area is 161 Å². The van der Waals surface area contributed by atoms with E-state index in [9.17, 15) is 4.79 Å². The number of nitrogens with two attached hydrogens (primary N) is 1. The molecule has 27 heavy (non-hydrogen) atoms. The Balaban J connectivity index is 2.12. The van der Waals surface area contributed by atoms with E-state index in [1.165, 1.54) is 0 Å². The lowest BCUT2D eigenvalue weighted by Crippen LogP contribution is -2.18. The van der Waals surface area contributed by atoms with Crippen LogP contribution in [0.1, 0.15) is 27.2 Å². The van der Waals surface area contributed by atoms with Crippen molar-refractivity contribution < 1.29 is 4.79 Å². The molecule has 0 spiro atoms. The van der Waals surface area contributed by atoms with Gasteiger partial charge in [0.1, 0.15) is 0 Å². The zero-order chi connectivity index (χ0) is 19.4. The summed E-state index contributed by atoms with van der Waals surface area (Å²) in [6.45, 7) is 1.81. The van der Waals surface area contributed by atoms with Crippen LogP contribution in [0.4, 0.5) is 5.95 Å². The molecule has 3 N–H and O–H groups in total. The Kier molecular flexibility index (Phi) is 5.34. The number of nitrogen functional groups attached to an aromatic ring is 1. The van der Waals surface area contributed by atoms with Gasteiger partial charge in [0.25, 0.3) is 5.91 Å². The fraction of sp³-hybridized carbons (Fsp3) is 0.100. The lowest BCUT2D eigenvalue weighted by atomic mass is 10.0. The van der Waals surface area contributed by atoms with Gasteiger partial charge >= 0.3 is 0 Å². The molecule has 0 saturated heterocycles. The maximum Gasteiger partial charge on any atom is 0.252 e. The number of carbonyl (C=O) groups is 1. The summed E-state index contributed by atoms with van der Waals surface area (Å²) in [7, 11) is 1.55. The van der Waals surface area contributed by atoms with Crippen molar-refractivity contribution in [1.82, 2.24) is 20.3 Å². The molecular weight excluding hydrogens is 362 g/mol. The molecule has 0 aliphatic rings. The molecule has 134 valence electrons. The minimum atomic E-state index is -0.262. The summed E-state index contributed by atoms with van der Waals surface area (Å²) >= 11 is 6.28. The first kappa shape index (κ1) is 18.4. The predicted octanol–water partition coefficient (Wildman–Crippen LogP) is 2.84. The summed E-state index contributed by atoms with van der Waals surface area (Å²) in [5.41, 5.74) is 9.52. The minimum Gasteiger partial charge on any atom is -0.368 e. The van der Waals surface area contributed by atoms with Crippen LogP contribution in [0.5, 0.6) is 0 Å². The van der Waals surface area contributed by atoms with E-state index in [0.29, 0.717) is 33.1 Å². The average molecular weight is 378 g/mol. The number of halogens is 1. The van der Waals surface area contributed by atoms with Gasteiger partial charge < -0.3 is 11.1 Å². The van der Waals surface area contributed by atoms with Crippen LogP contribution >= 0.6 is 11.6 Å². The van der Waals surface area contributed by atoms with E-state index < -0.39 is 0 Å². The van der Waals surface area contributed by atoms with Gasteiger partial charge in [-0.2, -0.15) is 0 Å². The van der Waals surface area contributed by atoms with E-state index in [4.69, 9.17) is 17.3 Å². The Morgan fingerprint density at radius 2 is 2.04 bits per heavy atom. The molecule has 7 heteroatoms. The summed E-state index contributed by atoms with van der Waals surface area (Å²) in [4.78, 5) is 24.4. The van der Waals surface area contributed by atoms with Gasteiger partial charge in [-0.3, -0.25) is 9.78 Å². The number of benzene rings is 1. The van der Waals surface area contributed by atoms with Crippen molar-refractivity contribution in [2.24, 2.45) is 0 Å². The molecule has 1 aromatic carbocycles. The van der Waals surface area contributed by atoms with Crippen LogP contribution in [-0.2, 0) is 0 Å². The van der Waals surface area contributed by atoms with Gasteiger partial charge in [-0.05, 0) is 31.2 Å². The van der Waals surface area contributed by atoms with E-state index in [1.807, 2.05) is 19.1 Å². The summed E-state index contributed by atoms with van der Waals surface area (Å²) in [5.74, 6) is 6.03. The highest BCUT2D eigenvalue weighted by atomic mass is 35.5. The standard InChI is InChI=1S/C20H16ClN5O/c1-12-15(7-5-13-4-3-9-24-11-13)18(26-20(22)25-12)14-6-8-16(17(21)10-14)19(27)23-2/h3-4,6,8-11H,1-2H3,(H,23,27)(H2,22,25,26). The Morgan fingerprint density at radius 1 is 1.22 bits per heavy atom. The topological polar surface area (TPSA) is 93.8 Å². The number of nitrogens with one attached hydrogen (secondary N) is 1. The van der Waals surface area contributed by atoms with Gasteiger partial charge in [-0.1, -0.05) is 29.5 Å². The zero-order valence-corrected chi connectivity index (χ0v) is 15.5. The van der Waals surface area contributed by atoms with Crippen molar-refractivity contribution in [2.45, 2.75) is 6.92 Å².